The van der Waals surface area contributed by atoms with Gasteiger partial charge in [0, 0.05) is 36.3 Å². The monoisotopic (exact) mass is 494 g/mol. The Labute approximate surface area is 226 Å². The zero-order valence-corrected chi connectivity index (χ0v) is 20.7. The number of benzene rings is 3. The molecule has 37 heavy (non-hydrogen) atoms. The van der Waals surface area contributed by atoms with Gasteiger partial charge in [-0.25, -0.2) is 0 Å². The zero-order valence-electron chi connectivity index (χ0n) is 27.7. The number of fused-ring (bicyclic) bond motifs is 3. The molecule has 0 spiro atoms. The summed E-state index contributed by atoms with van der Waals surface area (Å²) >= 11 is 0. The summed E-state index contributed by atoms with van der Waals surface area (Å²) < 4.78 is 70.3. The van der Waals surface area contributed by atoms with Gasteiger partial charge in [-0.1, -0.05) is 51.1 Å². The second-order valence-electron chi connectivity index (χ2n) is 10.4. The highest BCUT2D eigenvalue weighted by Gasteiger charge is 2.17. The number of aromatic nitrogens is 3. The number of rotatable bonds is 4. The number of hydrogen-bond donors (Lipinski definition) is 0. The van der Waals surface area contributed by atoms with E-state index in [0.29, 0.717) is 45.9 Å². The summed E-state index contributed by atoms with van der Waals surface area (Å²) in [6, 6.07) is 15.8. The van der Waals surface area contributed by atoms with Gasteiger partial charge in [0.2, 0.25) is 12.3 Å². The number of nitrogens with zero attached hydrogens (tertiary/aromatic N) is 3. The van der Waals surface area contributed by atoms with Crippen molar-refractivity contribution in [3.8, 4) is 33.8 Å². The van der Waals surface area contributed by atoms with Gasteiger partial charge in [-0.05, 0) is 83.7 Å². The molecule has 6 rings (SSSR count). The number of para-hydroxylation sites is 1. The quantitative estimate of drug-likeness (QED) is 0.245. The lowest BCUT2D eigenvalue weighted by atomic mass is 9.86. The van der Waals surface area contributed by atoms with Crippen LogP contribution in [-0.4, -0.2) is 15.2 Å². The second kappa shape index (κ2) is 8.70. The summed E-state index contributed by atoms with van der Waals surface area (Å²) in [5.41, 5.74) is 3.29. The van der Waals surface area contributed by atoms with Crippen LogP contribution in [0.1, 0.15) is 47.1 Å². The molecule has 3 aromatic heterocycles. The van der Waals surface area contributed by atoms with Crippen LogP contribution >= 0.6 is 0 Å². The van der Waals surface area contributed by atoms with Crippen molar-refractivity contribution in [2.24, 2.45) is 5.41 Å². The van der Waals surface area contributed by atoms with Gasteiger partial charge in [0.1, 0.15) is 11.2 Å². The molecule has 0 bridgehead atoms. The van der Waals surface area contributed by atoms with Crippen LogP contribution in [0.2, 0.25) is 0 Å². The Balaban J connectivity index is 1.58. The number of furan rings is 1. The van der Waals surface area contributed by atoms with E-state index < -0.39 is 13.7 Å². The molecule has 0 aliphatic rings. The first-order chi connectivity index (χ1) is 20.6. The number of hydrogen-bond acceptors (Lipinski definition) is 5. The molecule has 0 fully saturated rings. The molecule has 184 valence electrons. The van der Waals surface area contributed by atoms with Crippen LogP contribution in [-0.2, 0) is 6.42 Å². The molecule has 3 heterocycles. The predicted molar refractivity (Wildman–Crippen MR) is 148 cm³/mol. The number of aryl methyl sites for hydroxylation is 2. The molecule has 0 saturated carbocycles. The Kier molecular flexibility index (Phi) is 3.88. The van der Waals surface area contributed by atoms with Crippen molar-refractivity contribution < 1.29 is 18.4 Å². The largest absolute Gasteiger partial charge is 0.455 e. The fourth-order valence-electron chi connectivity index (χ4n) is 4.72. The first-order valence-corrected chi connectivity index (χ1v) is 12.0. The SMILES string of the molecule is [2H]c1cc(CC(C)(C)C)cc(C([2H])([2H])[2H])c1-c1cc(-c2cccc3c2oc2cc(-c4nnco4)ccc23)ncc1C([2H])([2H])[2H]. The Hall–Kier alpha value is -4.25. The molecule has 0 atom stereocenters. The highest BCUT2D eigenvalue weighted by Crippen LogP contribution is 2.38. The highest BCUT2D eigenvalue weighted by molar-refractivity contribution is 6.10. The molecule has 0 radical (unpaired) electrons. The molecule has 0 aliphatic carbocycles. The second-order valence-corrected chi connectivity index (χ2v) is 10.4. The van der Waals surface area contributed by atoms with Gasteiger partial charge < -0.3 is 8.83 Å². The van der Waals surface area contributed by atoms with Gasteiger partial charge in [0.25, 0.3) is 0 Å². The Morgan fingerprint density at radius 3 is 2.59 bits per heavy atom. The molecule has 3 aromatic carbocycles. The maximum absolute atomic E-state index is 8.95. The third-order valence-corrected chi connectivity index (χ3v) is 6.29. The summed E-state index contributed by atoms with van der Waals surface area (Å²) in [4.78, 5) is 4.51. The lowest BCUT2D eigenvalue weighted by molar-refractivity contribution is 0.411. The molecular formula is C32H29N3O2. The van der Waals surface area contributed by atoms with E-state index in [1.807, 2.05) is 51.1 Å². The molecule has 6 aromatic rings. The van der Waals surface area contributed by atoms with E-state index in [1.165, 1.54) is 12.6 Å². The maximum Gasteiger partial charge on any atom is 0.247 e. The van der Waals surface area contributed by atoms with E-state index in [4.69, 9.17) is 18.4 Å². The van der Waals surface area contributed by atoms with Crippen LogP contribution in [0.5, 0.6) is 0 Å². The fourth-order valence-corrected chi connectivity index (χ4v) is 4.72. The van der Waals surface area contributed by atoms with Crippen molar-refractivity contribution in [3.63, 3.8) is 0 Å². The molecular weight excluding hydrogens is 458 g/mol. The Morgan fingerprint density at radius 2 is 1.81 bits per heavy atom. The predicted octanol–water partition coefficient (Wildman–Crippen LogP) is 8.57. The lowest BCUT2D eigenvalue weighted by Crippen LogP contribution is -2.09. The van der Waals surface area contributed by atoms with Crippen molar-refractivity contribution in [2.75, 3.05) is 0 Å². The third-order valence-electron chi connectivity index (χ3n) is 6.29. The summed E-state index contributed by atoms with van der Waals surface area (Å²) in [5, 5.41) is 9.36. The summed E-state index contributed by atoms with van der Waals surface area (Å²) in [6.07, 6.45) is 3.05. The minimum atomic E-state index is -2.61. The zero-order chi connectivity index (χ0) is 31.6. The molecule has 0 amide bonds. The fraction of sp³-hybridized carbons (Fsp3) is 0.219. The van der Waals surface area contributed by atoms with E-state index in [9.17, 15) is 0 Å². The van der Waals surface area contributed by atoms with Crippen LogP contribution in [0.25, 0.3) is 55.8 Å². The number of pyridine rings is 1. The van der Waals surface area contributed by atoms with Crippen molar-refractivity contribution in [2.45, 2.75) is 40.9 Å². The van der Waals surface area contributed by atoms with Crippen LogP contribution < -0.4 is 0 Å². The molecule has 0 aliphatic heterocycles. The summed E-state index contributed by atoms with van der Waals surface area (Å²) in [5.74, 6) is 0.351. The summed E-state index contributed by atoms with van der Waals surface area (Å²) in [7, 11) is 0. The minimum absolute atomic E-state index is 0.0541. The normalized spacial score (nSPS) is 15.5. The first kappa shape index (κ1) is 16.5. The topological polar surface area (TPSA) is 65.0 Å². The van der Waals surface area contributed by atoms with Crippen molar-refractivity contribution in [3.05, 3.63) is 89.9 Å². The van der Waals surface area contributed by atoms with Gasteiger partial charge in [-0.3, -0.25) is 4.98 Å². The average molecular weight is 495 g/mol. The molecule has 5 heteroatoms. The molecule has 0 unspecified atom stereocenters. The van der Waals surface area contributed by atoms with Gasteiger partial charge in [0.15, 0.2) is 0 Å². The van der Waals surface area contributed by atoms with E-state index in [2.05, 4.69) is 15.2 Å². The van der Waals surface area contributed by atoms with Gasteiger partial charge in [-0.15, -0.1) is 10.2 Å². The molecule has 5 nitrogen and oxygen atoms in total. The third kappa shape index (κ3) is 4.31. The van der Waals surface area contributed by atoms with Crippen LogP contribution in [0.4, 0.5) is 0 Å². The van der Waals surface area contributed by atoms with Crippen LogP contribution in [0, 0.1) is 19.1 Å². The van der Waals surface area contributed by atoms with Crippen LogP contribution in [0.15, 0.2) is 82.1 Å². The first-order valence-electron chi connectivity index (χ1n) is 15.5. The minimum Gasteiger partial charge on any atom is -0.455 e. The van der Waals surface area contributed by atoms with E-state index in [0.717, 1.165) is 10.8 Å². The van der Waals surface area contributed by atoms with Crippen molar-refractivity contribution >= 4 is 21.9 Å². The molecule has 0 saturated heterocycles. The maximum atomic E-state index is 8.95. The van der Waals surface area contributed by atoms with Crippen LogP contribution in [0.3, 0.4) is 0 Å². The Bertz CT molecular complexity index is 2020. The van der Waals surface area contributed by atoms with E-state index >= 15 is 0 Å². The smallest absolute Gasteiger partial charge is 0.247 e. The van der Waals surface area contributed by atoms with Gasteiger partial charge in [-0.2, -0.15) is 0 Å². The van der Waals surface area contributed by atoms with Gasteiger partial charge in [0.05, 0.1) is 7.06 Å². The van der Waals surface area contributed by atoms with Crippen molar-refractivity contribution in [1.29, 1.82) is 0 Å². The van der Waals surface area contributed by atoms with Gasteiger partial charge >= 0.3 is 0 Å². The average Bonchev–Trinajstić information content (AvgIpc) is 3.58. The lowest BCUT2D eigenvalue weighted by Gasteiger charge is -2.19. The standard InChI is InChI=1S/C32H29N3O2/c1-19-13-21(16-32(3,4)5)9-11-23(19)27-15-28(33-17-20(27)2)26-8-6-7-25-24-12-10-22(31-35-34-18-36-31)14-29(24)37-30(25)26/h6-15,17-18H,16H2,1-5H3/i1D3,2D3,11D. The van der Waals surface area contributed by atoms with E-state index in [1.54, 1.807) is 24.3 Å². The molecule has 0 N–H and O–H groups in total. The van der Waals surface area contributed by atoms with Crippen molar-refractivity contribution in [1.82, 2.24) is 15.2 Å². The summed E-state index contributed by atoms with van der Waals surface area (Å²) in [6.45, 7) is 0.896. The highest BCUT2D eigenvalue weighted by atomic mass is 16.4. The Morgan fingerprint density at radius 1 is 0.919 bits per heavy atom. The van der Waals surface area contributed by atoms with E-state index in [-0.39, 0.29) is 33.7 Å².